The number of esters is 1. The molecule has 1 saturated heterocycles. The Morgan fingerprint density at radius 3 is 2.72 bits per heavy atom. The van der Waals surface area contributed by atoms with Crippen molar-refractivity contribution in [3.8, 4) is 5.75 Å². The van der Waals surface area contributed by atoms with Gasteiger partial charge in [0.25, 0.3) is 0 Å². The van der Waals surface area contributed by atoms with E-state index < -0.39 is 11.8 Å². The molecular weight excluding hydrogens is 322 g/mol. The van der Waals surface area contributed by atoms with Gasteiger partial charge in [0.15, 0.2) is 5.79 Å². The molecule has 138 valence electrons. The maximum atomic E-state index is 12.0. The number of anilines is 1. The number of benzene rings is 1. The molecule has 25 heavy (non-hydrogen) atoms. The highest BCUT2D eigenvalue weighted by molar-refractivity contribution is 5.96. The normalized spacial score (nSPS) is 19.6. The topological polar surface area (TPSA) is 66.0 Å². The molecule has 1 aliphatic rings. The van der Waals surface area contributed by atoms with Crippen LogP contribution in [0.2, 0.25) is 0 Å². The van der Waals surface area contributed by atoms with Crippen LogP contribution in [0.5, 0.6) is 5.75 Å². The molecule has 1 aromatic rings. The van der Waals surface area contributed by atoms with E-state index in [4.69, 9.17) is 18.9 Å². The van der Waals surface area contributed by atoms with Crippen LogP contribution >= 0.6 is 0 Å². The standard InChI is InChI=1S/C19H27NO5/c1-6-13(9-15-12-24-19(2,3)25-15)11-20-17-8-7-14(22-4)10-16(17)18(21)23-5/h6-8,10,15,20H,9,11-12H2,1-5H3/b13-6+. The third-order valence-electron chi connectivity index (χ3n) is 4.10. The van der Waals surface area contributed by atoms with Crippen LogP contribution < -0.4 is 10.1 Å². The minimum atomic E-state index is -0.523. The first kappa shape index (κ1) is 19.3. The maximum absolute atomic E-state index is 12.0. The summed E-state index contributed by atoms with van der Waals surface area (Å²) in [4.78, 5) is 12.0. The van der Waals surface area contributed by atoms with Crippen molar-refractivity contribution in [3.63, 3.8) is 0 Å². The van der Waals surface area contributed by atoms with E-state index in [0.29, 0.717) is 30.2 Å². The first-order valence-electron chi connectivity index (χ1n) is 8.34. The lowest BCUT2D eigenvalue weighted by Gasteiger charge is -2.18. The van der Waals surface area contributed by atoms with Gasteiger partial charge in [-0.2, -0.15) is 0 Å². The first-order valence-corrected chi connectivity index (χ1v) is 8.34. The average Bonchev–Trinajstić information content (AvgIpc) is 2.96. The van der Waals surface area contributed by atoms with E-state index in [1.165, 1.54) is 12.7 Å². The average molecular weight is 349 g/mol. The van der Waals surface area contributed by atoms with E-state index in [9.17, 15) is 4.79 Å². The van der Waals surface area contributed by atoms with Gasteiger partial charge < -0.3 is 24.3 Å². The molecule has 0 aromatic heterocycles. The number of hydrogen-bond acceptors (Lipinski definition) is 6. The van der Waals surface area contributed by atoms with E-state index in [1.807, 2.05) is 26.8 Å². The summed E-state index contributed by atoms with van der Waals surface area (Å²) < 4.78 is 21.5. The summed E-state index contributed by atoms with van der Waals surface area (Å²) in [5, 5.41) is 3.30. The molecule has 0 radical (unpaired) electrons. The van der Waals surface area contributed by atoms with Gasteiger partial charge in [-0.3, -0.25) is 0 Å². The SMILES string of the molecule is C/C=C(/CNc1ccc(OC)cc1C(=O)OC)CC1COC(C)(C)O1. The molecule has 1 atom stereocenters. The molecule has 1 aliphatic heterocycles. The summed E-state index contributed by atoms with van der Waals surface area (Å²) in [7, 11) is 2.93. The van der Waals surface area contributed by atoms with Crippen LogP contribution in [-0.2, 0) is 14.2 Å². The van der Waals surface area contributed by atoms with Gasteiger partial charge in [0.2, 0.25) is 0 Å². The third-order valence-corrected chi connectivity index (χ3v) is 4.10. The summed E-state index contributed by atoms with van der Waals surface area (Å²) in [5.74, 6) is -0.320. The molecule has 0 spiro atoms. The fraction of sp³-hybridized carbons (Fsp3) is 0.526. The second kappa shape index (κ2) is 8.36. The molecule has 1 unspecified atom stereocenters. The highest BCUT2D eigenvalue weighted by atomic mass is 16.7. The molecule has 0 aliphatic carbocycles. The number of carbonyl (C=O) groups excluding carboxylic acids is 1. The van der Waals surface area contributed by atoms with Crippen LogP contribution in [0.4, 0.5) is 5.69 Å². The van der Waals surface area contributed by atoms with Gasteiger partial charge in [-0.05, 0) is 45.4 Å². The summed E-state index contributed by atoms with van der Waals surface area (Å²) in [6.07, 6.45) is 2.87. The van der Waals surface area contributed by atoms with Gasteiger partial charge in [-0.25, -0.2) is 4.79 Å². The maximum Gasteiger partial charge on any atom is 0.340 e. The number of ether oxygens (including phenoxy) is 4. The van der Waals surface area contributed by atoms with Gasteiger partial charge in [0.1, 0.15) is 5.75 Å². The summed E-state index contributed by atoms with van der Waals surface area (Å²) in [6, 6.07) is 5.29. The van der Waals surface area contributed by atoms with Gasteiger partial charge in [-0.15, -0.1) is 0 Å². The zero-order valence-electron chi connectivity index (χ0n) is 15.5. The van der Waals surface area contributed by atoms with Crippen LogP contribution in [0.3, 0.4) is 0 Å². The zero-order chi connectivity index (χ0) is 18.4. The monoisotopic (exact) mass is 349 g/mol. The Bertz CT molecular complexity index is 639. The molecule has 1 fully saturated rings. The van der Waals surface area contributed by atoms with E-state index in [2.05, 4.69) is 11.4 Å². The Morgan fingerprint density at radius 1 is 1.40 bits per heavy atom. The molecule has 1 heterocycles. The Labute approximate surface area is 149 Å². The van der Waals surface area contributed by atoms with Crippen molar-refractivity contribution in [2.45, 2.75) is 39.1 Å². The Balaban J connectivity index is 2.02. The Hall–Kier alpha value is -2.05. The number of methoxy groups -OCH3 is 2. The van der Waals surface area contributed by atoms with Crippen LogP contribution in [0.25, 0.3) is 0 Å². The predicted octanol–water partition coefficient (Wildman–Crippen LogP) is 3.38. The fourth-order valence-corrected chi connectivity index (χ4v) is 2.74. The molecule has 6 heteroatoms. The predicted molar refractivity (Wildman–Crippen MR) is 96.1 cm³/mol. The van der Waals surface area contributed by atoms with Crippen molar-refractivity contribution < 1.29 is 23.7 Å². The van der Waals surface area contributed by atoms with Gasteiger partial charge >= 0.3 is 5.97 Å². The van der Waals surface area contributed by atoms with Crippen LogP contribution in [0.15, 0.2) is 29.8 Å². The smallest absolute Gasteiger partial charge is 0.340 e. The lowest BCUT2D eigenvalue weighted by Crippen LogP contribution is -2.22. The second-order valence-electron chi connectivity index (χ2n) is 6.36. The largest absolute Gasteiger partial charge is 0.497 e. The van der Waals surface area contributed by atoms with Crippen molar-refractivity contribution in [3.05, 3.63) is 35.4 Å². The molecule has 0 bridgehead atoms. The van der Waals surface area contributed by atoms with E-state index >= 15 is 0 Å². The zero-order valence-corrected chi connectivity index (χ0v) is 15.5. The number of hydrogen-bond donors (Lipinski definition) is 1. The van der Waals surface area contributed by atoms with Crippen LogP contribution in [0, 0.1) is 0 Å². The molecule has 1 aromatic carbocycles. The third kappa shape index (κ3) is 5.21. The molecule has 2 rings (SSSR count). The Kier molecular flexibility index (Phi) is 6.45. The van der Waals surface area contributed by atoms with Crippen molar-refractivity contribution in [1.82, 2.24) is 0 Å². The number of rotatable bonds is 7. The van der Waals surface area contributed by atoms with Crippen molar-refractivity contribution >= 4 is 11.7 Å². The van der Waals surface area contributed by atoms with Gasteiger partial charge in [0, 0.05) is 12.2 Å². The molecule has 0 amide bonds. The van der Waals surface area contributed by atoms with Crippen LogP contribution in [-0.4, -0.2) is 45.2 Å². The molecule has 0 saturated carbocycles. The summed E-state index contributed by atoms with van der Waals surface area (Å²) >= 11 is 0. The van der Waals surface area contributed by atoms with Crippen LogP contribution in [0.1, 0.15) is 37.6 Å². The van der Waals surface area contributed by atoms with Crippen molar-refractivity contribution in [2.24, 2.45) is 0 Å². The van der Waals surface area contributed by atoms with Gasteiger partial charge in [-0.1, -0.05) is 11.6 Å². The molecule has 6 nitrogen and oxygen atoms in total. The Morgan fingerprint density at radius 2 is 2.16 bits per heavy atom. The summed E-state index contributed by atoms with van der Waals surface area (Å²) in [6.45, 7) is 7.02. The second-order valence-corrected chi connectivity index (χ2v) is 6.36. The van der Waals surface area contributed by atoms with E-state index in [0.717, 1.165) is 6.42 Å². The number of nitrogens with one attached hydrogen (secondary N) is 1. The number of allylic oxidation sites excluding steroid dienone is 1. The van der Waals surface area contributed by atoms with Crippen molar-refractivity contribution in [2.75, 3.05) is 32.7 Å². The highest BCUT2D eigenvalue weighted by Crippen LogP contribution is 2.27. The highest BCUT2D eigenvalue weighted by Gasteiger charge is 2.32. The van der Waals surface area contributed by atoms with E-state index in [1.54, 1.807) is 19.2 Å². The lowest BCUT2D eigenvalue weighted by molar-refractivity contribution is -0.138. The summed E-state index contributed by atoms with van der Waals surface area (Å²) in [5.41, 5.74) is 2.33. The quantitative estimate of drug-likeness (QED) is 0.601. The van der Waals surface area contributed by atoms with Crippen molar-refractivity contribution in [1.29, 1.82) is 0 Å². The number of carbonyl (C=O) groups is 1. The van der Waals surface area contributed by atoms with Gasteiger partial charge in [0.05, 0.1) is 32.5 Å². The lowest BCUT2D eigenvalue weighted by atomic mass is 10.1. The first-order chi connectivity index (χ1) is 11.9. The minimum absolute atomic E-state index is 0.0407. The minimum Gasteiger partial charge on any atom is -0.497 e. The fourth-order valence-electron chi connectivity index (χ4n) is 2.74. The van der Waals surface area contributed by atoms with E-state index in [-0.39, 0.29) is 6.10 Å². The molecular formula is C19H27NO5. The molecule has 1 N–H and O–H groups in total.